The lowest BCUT2D eigenvalue weighted by Gasteiger charge is -2.05. The molecule has 0 aliphatic carbocycles. The third-order valence-electron chi connectivity index (χ3n) is 4.00. The highest BCUT2D eigenvalue weighted by Gasteiger charge is 2.07. The molecule has 118 valence electrons. The number of hydrogen-bond acceptors (Lipinski definition) is 1. The zero-order valence-corrected chi connectivity index (χ0v) is 13.4. The Morgan fingerprint density at radius 1 is 1.18 bits per heavy atom. The van der Waals surface area contributed by atoms with Crippen LogP contribution in [0.5, 0.6) is 0 Å². The second kappa shape index (κ2) is 7.92. The molecule has 1 heterocycles. The minimum absolute atomic E-state index is 0.101. The number of allylic oxidation sites excluding steroid dienone is 1. The molecule has 0 radical (unpaired) electrons. The van der Waals surface area contributed by atoms with Gasteiger partial charge < -0.3 is 4.98 Å². The molecular weight excluding hydrogens is 277 g/mol. The van der Waals surface area contributed by atoms with Crippen LogP contribution in [0.3, 0.4) is 0 Å². The average molecular weight is 301 g/mol. The van der Waals surface area contributed by atoms with E-state index in [2.05, 4.69) is 18.0 Å². The van der Waals surface area contributed by atoms with Crippen LogP contribution in [-0.4, -0.2) is 4.98 Å². The maximum atomic E-state index is 13.3. The van der Waals surface area contributed by atoms with E-state index in [-0.39, 0.29) is 11.2 Å². The van der Waals surface area contributed by atoms with E-state index in [1.165, 1.54) is 44.2 Å². The summed E-state index contributed by atoms with van der Waals surface area (Å²) in [4.78, 5) is 15.5. The fourth-order valence-corrected chi connectivity index (χ4v) is 2.61. The number of aromatic nitrogens is 1. The fraction of sp³-hybridized carbons (Fsp3) is 0.421. The summed E-state index contributed by atoms with van der Waals surface area (Å²) >= 11 is 0. The average Bonchev–Trinajstić information content (AvgIpc) is 2.51. The van der Waals surface area contributed by atoms with Gasteiger partial charge in [0.15, 0.2) is 5.43 Å². The number of hydrogen-bond donors (Lipinski definition) is 1. The molecule has 0 unspecified atom stereocenters. The summed E-state index contributed by atoms with van der Waals surface area (Å²) < 4.78 is 13.3. The summed E-state index contributed by atoms with van der Waals surface area (Å²) in [5, 5.41) is 0.411. The number of aromatic amines is 1. The number of halogens is 1. The monoisotopic (exact) mass is 301 g/mol. The van der Waals surface area contributed by atoms with Crippen molar-refractivity contribution in [2.24, 2.45) is 0 Å². The van der Waals surface area contributed by atoms with E-state index in [0.29, 0.717) is 16.5 Å². The maximum Gasteiger partial charge on any atom is 0.192 e. The first kappa shape index (κ1) is 16.5. The molecule has 0 spiro atoms. The first-order valence-electron chi connectivity index (χ1n) is 8.12. The van der Waals surface area contributed by atoms with Crippen LogP contribution < -0.4 is 5.43 Å². The smallest absolute Gasteiger partial charge is 0.192 e. The Hall–Kier alpha value is -1.90. The van der Waals surface area contributed by atoms with Crippen LogP contribution in [0, 0.1) is 12.7 Å². The van der Waals surface area contributed by atoms with E-state index in [4.69, 9.17) is 0 Å². The van der Waals surface area contributed by atoms with Crippen molar-refractivity contribution in [2.75, 3.05) is 0 Å². The van der Waals surface area contributed by atoms with Gasteiger partial charge in [-0.2, -0.15) is 0 Å². The van der Waals surface area contributed by atoms with E-state index < -0.39 is 0 Å². The lowest BCUT2D eigenvalue weighted by Crippen LogP contribution is -2.09. The van der Waals surface area contributed by atoms with Crippen LogP contribution in [0.1, 0.15) is 56.7 Å². The number of H-pyrrole nitrogens is 1. The molecule has 0 amide bonds. The van der Waals surface area contributed by atoms with Crippen molar-refractivity contribution >= 4 is 17.0 Å². The van der Waals surface area contributed by atoms with Crippen molar-refractivity contribution in [3.05, 3.63) is 51.6 Å². The number of pyridine rings is 1. The van der Waals surface area contributed by atoms with Crippen LogP contribution in [-0.2, 0) is 0 Å². The highest BCUT2D eigenvalue weighted by atomic mass is 19.1. The summed E-state index contributed by atoms with van der Waals surface area (Å²) in [6.07, 6.45) is 11.4. The fourth-order valence-electron chi connectivity index (χ4n) is 2.61. The number of nitrogens with one attached hydrogen (secondary N) is 1. The molecule has 22 heavy (non-hydrogen) atoms. The molecule has 2 rings (SSSR count). The largest absolute Gasteiger partial charge is 0.355 e. The molecule has 0 saturated heterocycles. The van der Waals surface area contributed by atoms with E-state index >= 15 is 0 Å². The summed E-state index contributed by atoms with van der Waals surface area (Å²) in [7, 11) is 0. The summed E-state index contributed by atoms with van der Waals surface area (Å²) in [5.74, 6) is -0.382. The summed E-state index contributed by atoms with van der Waals surface area (Å²) in [6, 6.07) is 4.28. The van der Waals surface area contributed by atoms with Crippen LogP contribution >= 0.6 is 0 Å². The molecule has 1 N–H and O–H groups in total. The second-order valence-electron chi connectivity index (χ2n) is 5.79. The summed E-state index contributed by atoms with van der Waals surface area (Å²) in [6.45, 7) is 3.99. The number of rotatable bonds is 7. The van der Waals surface area contributed by atoms with Gasteiger partial charge >= 0.3 is 0 Å². The molecule has 0 saturated carbocycles. The second-order valence-corrected chi connectivity index (χ2v) is 5.79. The Morgan fingerprint density at radius 3 is 2.73 bits per heavy atom. The van der Waals surface area contributed by atoms with Crippen LogP contribution in [0.2, 0.25) is 0 Å². The van der Waals surface area contributed by atoms with Gasteiger partial charge in [-0.3, -0.25) is 4.79 Å². The molecule has 0 atom stereocenters. The highest BCUT2D eigenvalue weighted by molar-refractivity contribution is 5.80. The highest BCUT2D eigenvalue weighted by Crippen LogP contribution is 2.14. The minimum atomic E-state index is -0.382. The van der Waals surface area contributed by atoms with Gasteiger partial charge in [-0.15, -0.1) is 0 Å². The Kier molecular flexibility index (Phi) is 5.93. The van der Waals surface area contributed by atoms with Crippen LogP contribution in [0.15, 0.2) is 29.1 Å². The third-order valence-corrected chi connectivity index (χ3v) is 4.00. The summed E-state index contributed by atoms with van der Waals surface area (Å²) in [5.41, 5.74) is 2.04. The van der Waals surface area contributed by atoms with Gasteiger partial charge in [0.25, 0.3) is 0 Å². The molecule has 2 nitrogen and oxygen atoms in total. The quantitative estimate of drug-likeness (QED) is 0.687. The number of fused-ring (bicyclic) bond motifs is 1. The van der Waals surface area contributed by atoms with Gasteiger partial charge in [0.05, 0.1) is 0 Å². The topological polar surface area (TPSA) is 32.9 Å². The maximum absolute atomic E-state index is 13.3. The third kappa shape index (κ3) is 4.06. The normalized spacial score (nSPS) is 11.6. The van der Waals surface area contributed by atoms with Crippen LogP contribution in [0.25, 0.3) is 17.0 Å². The van der Waals surface area contributed by atoms with Gasteiger partial charge in [0.1, 0.15) is 5.82 Å². The van der Waals surface area contributed by atoms with Gasteiger partial charge in [-0.25, -0.2) is 4.39 Å². The first-order valence-corrected chi connectivity index (χ1v) is 8.12. The molecule has 0 aliphatic heterocycles. The van der Waals surface area contributed by atoms with Crippen molar-refractivity contribution in [1.29, 1.82) is 0 Å². The van der Waals surface area contributed by atoms with Gasteiger partial charge in [0.2, 0.25) is 0 Å². The van der Waals surface area contributed by atoms with Crippen molar-refractivity contribution < 1.29 is 4.39 Å². The predicted octanol–water partition coefficient (Wildman–Crippen LogP) is 5.35. The first-order chi connectivity index (χ1) is 10.6. The zero-order valence-electron chi connectivity index (χ0n) is 13.4. The van der Waals surface area contributed by atoms with E-state index in [1.807, 2.05) is 6.08 Å². The Balaban J connectivity index is 2.10. The molecular formula is C19H24FNO. The Morgan fingerprint density at radius 2 is 1.95 bits per heavy atom. The SMILES string of the molecule is CCCCCCC/C=C\c1[nH]c2ccc(F)cc2c(=O)c1C. The van der Waals surface area contributed by atoms with Crippen molar-refractivity contribution in [1.82, 2.24) is 4.98 Å². The van der Waals surface area contributed by atoms with Gasteiger partial charge in [-0.1, -0.05) is 38.7 Å². The molecule has 2 aromatic rings. The lowest BCUT2D eigenvalue weighted by molar-refractivity contribution is 0.629. The lowest BCUT2D eigenvalue weighted by atomic mass is 10.1. The predicted molar refractivity (Wildman–Crippen MR) is 91.7 cm³/mol. The Bertz CT molecular complexity index is 715. The minimum Gasteiger partial charge on any atom is -0.355 e. The number of benzene rings is 1. The van der Waals surface area contributed by atoms with E-state index in [1.54, 1.807) is 13.0 Å². The molecule has 0 fully saturated rings. The van der Waals surface area contributed by atoms with Gasteiger partial charge in [-0.05, 0) is 44.0 Å². The van der Waals surface area contributed by atoms with Crippen molar-refractivity contribution in [3.8, 4) is 0 Å². The Labute approximate surface area is 131 Å². The zero-order chi connectivity index (χ0) is 15.9. The molecule has 1 aromatic carbocycles. The molecule has 0 bridgehead atoms. The molecule has 0 aliphatic rings. The van der Waals surface area contributed by atoms with Crippen molar-refractivity contribution in [2.45, 2.75) is 52.4 Å². The van der Waals surface area contributed by atoms with Crippen LogP contribution in [0.4, 0.5) is 4.39 Å². The standard InChI is InChI=1S/C19H24FNO/c1-3-4-5-6-7-8-9-10-17-14(2)19(22)16-13-15(20)11-12-18(16)21-17/h9-13H,3-8H2,1-2H3,(H,21,22)/b10-9-. The molecule has 3 heteroatoms. The van der Waals surface area contributed by atoms with E-state index in [9.17, 15) is 9.18 Å². The van der Waals surface area contributed by atoms with Crippen molar-refractivity contribution in [3.63, 3.8) is 0 Å². The van der Waals surface area contributed by atoms with Gasteiger partial charge in [0, 0.05) is 22.2 Å². The van der Waals surface area contributed by atoms with E-state index in [0.717, 1.165) is 12.1 Å². The molecule has 1 aromatic heterocycles. The number of unbranched alkanes of at least 4 members (excludes halogenated alkanes) is 5.